The minimum absolute atomic E-state index is 0. The molecule has 1 aromatic heterocycles. The number of H-pyrrole nitrogens is 1. The van der Waals surface area contributed by atoms with Crippen LogP contribution in [0, 0.1) is 11.7 Å². The molecule has 0 saturated carbocycles. The Morgan fingerprint density at radius 3 is 2.83 bits per heavy atom. The fourth-order valence-corrected chi connectivity index (χ4v) is 3.16. The molecule has 2 atom stereocenters. The van der Waals surface area contributed by atoms with Gasteiger partial charge in [-0.2, -0.15) is 0 Å². The lowest BCUT2D eigenvalue weighted by Gasteiger charge is -2.22. The maximum Gasteiger partial charge on any atom is 0.254 e. The number of rotatable bonds is 2. The first-order valence-corrected chi connectivity index (χ1v) is 7.33. The van der Waals surface area contributed by atoms with E-state index in [-0.39, 0.29) is 30.3 Å². The number of amides is 1. The minimum atomic E-state index is -0.453. The van der Waals surface area contributed by atoms with Crippen molar-refractivity contribution in [3.8, 4) is 0 Å². The zero-order chi connectivity index (χ0) is 15.9. The van der Waals surface area contributed by atoms with Crippen LogP contribution in [0.1, 0.15) is 23.7 Å². The van der Waals surface area contributed by atoms with Crippen molar-refractivity contribution in [3.63, 3.8) is 0 Å². The fraction of sp³-hybridized carbons (Fsp3) is 0.375. The number of carbonyl (C=O) groups is 1. The molecule has 0 bridgehead atoms. The number of fused-ring (bicyclic) bond motifs is 1. The zero-order valence-corrected chi connectivity index (χ0v) is 13.5. The van der Waals surface area contributed by atoms with Crippen molar-refractivity contribution in [2.24, 2.45) is 11.7 Å². The SMILES string of the molecule is CC1CC(CN)CN1C(=O)c1cc(=O)[nH]c2cc(F)ccc12.Cl. The highest BCUT2D eigenvalue weighted by Crippen LogP contribution is 2.26. The number of aromatic amines is 1. The Hall–Kier alpha value is -1.92. The molecule has 0 spiro atoms. The van der Waals surface area contributed by atoms with Gasteiger partial charge in [-0.1, -0.05) is 0 Å². The van der Waals surface area contributed by atoms with Gasteiger partial charge >= 0.3 is 0 Å². The van der Waals surface area contributed by atoms with Gasteiger partial charge in [0.2, 0.25) is 5.56 Å². The first kappa shape index (κ1) is 17.4. The van der Waals surface area contributed by atoms with Crippen molar-refractivity contribution in [3.05, 3.63) is 46.0 Å². The normalized spacial score (nSPS) is 20.6. The summed E-state index contributed by atoms with van der Waals surface area (Å²) in [5, 5.41) is 0.550. The molecule has 1 fully saturated rings. The Kier molecular flexibility index (Phi) is 5.06. The predicted octanol–water partition coefficient (Wildman–Crippen LogP) is 1.90. The number of halogens is 2. The standard InChI is InChI=1S/C16H18FN3O2.ClH/c1-9-4-10(7-18)8-20(9)16(22)13-6-15(21)19-14-5-11(17)2-3-12(13)14;/h2-3,5-6,9-10H,4,7-8,18H2,1H3,(H,19,21);1H. The van der Waals surface area contributed by atoms with Gasteiger partial charge in [0.25, 0.3) is 5.91 Å². The van der Waals surface area contributed by atoms with Gasteiger partial charge < -0.3 is 15.6 Å². The molecule has 3 N–H and O–H groups in total. The summed E-state index contributed by atoms with van der Waals surface area (Å²) in [5.41, 5.74) is 5.92. The number of likely N-dealkylation sites (tertiary alicyclic amines) is 1. The molecule has 1 aliphatic heterocycles. The molecule has 1 amide bonds. The Balaban J connectivity index is 0.00000192. The van der Waals surface area contributed by atoms with Crippen LogP contribution in [0.2, 0.25) is 0 Å². The van der Waals surface area contributed by atoms with Gasteiger partial charge in [0.1, 0.15) is 5.82 Å². The van der Waals surface area contributed by atoms with Gasteiger partial charge in [-0.15, -0.1) is 12.4 Å². The molecule has 23 heavy (non-hydrogen) atoms. The lowest BCUT2D eigenvalue weighted by atomic mass is 10.1. The van der Waals surface area contributed by atoms with E-state index in [1.54, 1.807) is 4.90 Å². The summed E-state index contributed by atoms with van der Waals surface area (Å²) in [4.78, 5) is 28.9. The average molecular weight is 340 g/mol. The van der Waals surface area contributed by atoms with E-state index in [2.05, 4.69) is 4.98 Å². The number of aromatic nitrogens is 1. The largest absolute Gasteiger partial charge is 0.336 e. The summed E-state index contributed by atoms with van der Waals surface area (Å²) in [7, 11) is 0. The number of nitrogens with two attached hydrogens (primary N) is 1. The summed E-state index contributed by atoms with van der Waals surface area (Å²) >= 11 is 0. The van der Waals surface area contributed by atoms with Gasteiger partial charge in [-0.25, -0.2) is 4.39 Å². The topological polar surface area (TPSA) is 79.2 Å². The van der Waals surface area contributed by atoms with E-state index < -0.39 is 11.4 Å². The number of hydrogen-bond donors (Lipinski definition) is 2. The molecule has 2 unspecified atom stereocenters. The summed E-state index contributed by atoms with van der Waals surface area (Å²) in [6, 6.07) is 5.40. The quantitative estimate of drug-likeness (QED) is 0.877. The maximum absolute atomic E-state index is 13.3. The summed E-state index contributed by atoms with van der Waals surface area (Å²) < 4.78 is 13.3. The van der Waals surface area contributed by atoms with Crippen molar-refractivity contribution < 1.29 is 9.18 Å². The van der Waals surface area contributed by atoms with Crippen LogP contribution in [0.3, 0.4) is 0 Å². The molecule has 1 saturated heterocycles. The first-order valence-electron chi connectivity index (χ1n) is 7.33. The summed E-state index contributed by atoms with van der Waals surface area (Å²) in [6.07, 6.45) is 0.859. The Bertz CT molecular complexity index is 792. The highest BCUT2D eigenvalue weighted by Gasteiger charge is 2.32. The first-order chi connectivity index (χ1) is 10.5. The molecule has 2 aromatic rings. The molecule has 5 nitrogen and oxygen atoms in total. The maximum atomic E-state index is 13.3. The fourth-order valence-electron chi connectivity index (χ4n) is 3.16. The van der Waals surface area contributed by atoms with E-state index >= 15 is 0 Å². The molecule has 1 aliphatic rings. The highest BCUT2D eigenvalue weighted by molar-refractivity contribution is 6.06. The molecular formula is C16H19ClFN3O2. The molecule has 124 valence electrons. The molecule has 0 radical (unpaired) electrons. The van der Waals surface area contributed by atoms with Crippen molar-refractivity contribution in [2.45, 2.75) is 19.4 Å². The number of nitrogens with zero attached hydrogens (tertiary/aromatic N) is 1. The number of pyridine rings is 1. The second kappa shape index (κ2) is 6.68. The lowest BCUT2D eigenvalue weighted by Crippen LogP contribution is -2.35. The van der Waals surface area contributed by atoms with Gasteiger partial charge in [0.05, 0.1) is 11.1 Å². The second-order valence-corrected chi connectivity index (χ2v) is 5.88. The third kappa shape index (κ3) is 3.23. The van der Waals surface area contributed by atoms with Crippen LogP contribution in [0.25, 0.3) is 10.9 Å². The molecule has 0 aliphatic carbocycles. The Morgan fingerprint density at radius 2 is 2.17 bits per heavy atom. The van der Waals surface area contributed by atoms with Crippen LogP contribution >= 0.6 is 12.4 Å². The van der Waals surface area contributed by atoms with Gasteiger partial charge in [-0.05, 0) is 44.0 Å². The monoisotopic (exact) mass is 339 g/mol. The number of carbonyl (C=O) groups excluding carboxylic acids is 1. The highest BCUT2D eigenvalue weighted by atomic mass is 35.5. The van der Waals surface area contributed by atoms with E-state index in [0.29, 0.717) is 29.6 Å². The zero-order valence-electron chi connectivity index (χ0n) is 12.7. The van der Waals surface area contributed by atoms with E-state index in [9.17, 15) is 14.0 Å². The molecule has 1 aromatic carbocycles. The van der Waals surface area contributed by atoms with Crippen LogP contribution in [-0.2, 0) is 0 Å². The second-order valence-electron chi connectivity index (χ2n) is 5.88. The van der Waals surface area contributed by atoms with Gasteiger partial charge in [-0.3, -0.25) is 9.59 Å². The third-order valence-electron chi connectivity index (χ3n) is 4.29. The van der Waals surface area contributed by atoms with Crippen molar-refractivity contribution in [2.75, 3.05) is 13.1 Å². The van der Waals surface area contributed by atoms with Crippen LogP contribution in [-0.4, -0.2) is 34.9 Å². The third-order valence-corrected chi connectivity index (χ3v) is 4.29. The Labute approximate surface area is 139 Å². The van der Waals surface area contributed by atoms with Crippen LogP contribution in [0.15, 0.2) is 29.1 Å². The van der Waals surface area contributed by atoms with Crippen LogP contribution in [0.4, 0.5) is 4.39 Å². The van der Waals surface area contributed by atoms with E-state index in [0.717, 1.165) is 6.42 Å². The van der Waals surface area contributed by atoms with Gasteiger partial charge in [0.15, 0.2) is 0 Å². The van der Waals surface area contributed by atoms with Gasteiger partial charge in [0, 0.05) is 24.0 Å². The van der Waals surface area contributed by atoms with Crippen LogP contribution < -0.4 is 11.3 Å². The Morgan fingerprint density at radius 1 is 1.43 bits per heavy atom. The van der Waals surface area contributed by atoms with Crippen molar-refractivity contribution in [1.82, 2.24) is 9.88 Å². The summed E-state index contributed by atoms with van der Waals surface area (Å²) in [5.74, 6) is -0.374. The van der Waals surface area contributed by atoms with E-state index in [1.165, 1.54) is 24.3 Å². The molecule has 7 heteroatoms. The lowest BCUT2D eigenvalue weighted by molar-refractivity contribution is 0.0745. The van der Waals surface area contributed by atoms with Crippen molar-refractivity contribution >= 4 is 29.2 Å². The molecular weight excluding hydrogens is 321 g/mol. The number of benzene rings is 1. The van der Waals surface area contributed by atoms with E-state index in [1.807, 2.05) is 6.92 Å². The summed E-state index contributed by atoms with van der Waals surface area (Å²) in [6.45, 7) is 3.10. The smallest absolute Gasteiger partial charge is 0.254 e. The van der Waals surface area contributed by atoms with Crippen molar-refractivity contribution in [1.29, 1.82) is 0 Å². The minimum Gasteiger partial charge on any atom is -0.336 e. The average Bonchev–Trinajstić information content (AvgIpc) is 2.86. The number of nitrogens with one attached hydrogen (secondary N) is 1. The molecule has 2 heterocycles. The number of hydrogen-bond acceptors (Lipinski definition) is 3. The predicted molar refractivity (Wildman–Crippen MR) is 89.4 cm³/mol. The van der Waals surface area contributed by atoms with Crippen LogP contribution in [0.5, 0.6) is 0 Å². The van der Waals surface area contributed by atoms with E-state index in [4.69, 9.17) is 5.73 Å². The molecule has 3 rings (SSSR count).